The lowest BCUT2D eigenvalue weighted by Gasteiger charge is -2.33. The summed E-state index contributed by atoms with van der Waals surface area (Å²) in [6.45, 7) is 6.67. The van der Waals surface area contributed by atoms with Gasteiger partial charge in [0.05, 0.1) is 7.11 Å². The van der Waals surface area contributed by atoms with Crippen LogP contribution in [0.5, 0.6) is 5.75 Å². The van der Waals surface area contributed by atoms with Gasteiger partial charge in [0.2, 0.25) is 11.8 Å². The molecule has 1 aliphatic rings. The van der Waals surface area contributed by atoms with E-state index in [1.165, 1.54) is 0 Å². The molecule has 26 heavy (non-hydrogen) atoms. The first kappa shape index (κ1) is 20.3. The first-order valence-electron chi connectivity index (χ1n) is 9.09. The first-order valence-corrected chi connectivity index (χ1v) is 9.47. The zero-order chi connectivity index (χ0) is 19.1. The van der Waals surface area contributed by atoms with Crippen LogP contribution in [-0.4, -0.2) is 54.9 Å². The molecule has 0 radical (unpaired) electrons. The van der Waals surface area contributed by atoms with Crippen molar-refractivity contribution in [2.24, 2.45) is 5.92 Å². The molecule has 0 unspecified atom stereocenters. The maximum Gasteiger partial charge on any atom is 0.246 e. The molecule has 1 aromatic rings. The third-order valence-electron chi connectivity index (χ3n) is 4.83. The Labute approximate surface area is 160 Å². The van der Waals surface area contributed by atoms with Crippen LogP contribution in [0.3, 0.4) is 0 Å². The van der Waals surface area contributed by atoms with Gasteiger partial charge in [0.1, 0.15) is 5.75 Å². The number of hydrogen-bond donors (Lipinski definition) is 0. The molecule has 0 saturated carbocycles. The van der Waals surface area contributed by atoms with Gasteiger partial charge in [-0.25, -0.2) is 0 Å². The maximum absolute atomic E-state index is 12.4. The monoisotopic (exact) mass is 378 g/mol. The Kier molecular flexibility index (Phi) is 7.51. The van der Waals surface area contributed by atoms with Crippen LogP contribution in [0, 0.1) is 5.92 Å². The maximum atomic E-state index is 12.4. The molecule has 0 aromatic heterocycles. The molecule has 1 heterocycles. The van der Waals surface area contributed by atoms with E-state index >= 15 is 0 Å². The van der Waals surface area contributed by atoms with Crippen molar-refractivity contribution >= 4 is 29.5 Å². The Morgan fingerprint density at radius 1 is 1.27 bits per heavy atom. The van der Waals surface area contributed by atoms with Gasteiger partial charge in [0, 0.05) is 48.8 Å². The molecule has 142 valence electrons. The second kappa shape index (κ2) is 9.62. The van der Waals surface area contributed by atoms with Gasteiger partial charge in [-0.3, -0.25) is 9.59 Å². The summed E-state index contributed by atoms with van der Waals surface area (Å²) in [4.78, 5) is 28.5. The third kappa shape index (κ3) is 5.01. The number of amides is 2. The summed E-state index contributed by atoms with van der Waals surface area (Å²) in [5.41, 5.74) is 0.764. The Balaban J connectivity index is 1.94. The number of likely N-dealkylation sites (tertiary alicyclic amines) is 1. The number of methoxy groups -OCH3 is 1. The molecule has 0 N–H and O–H groups in total. The predicted octanol–water partition coefficient (Wildman–Crippen LogP) is 3.47. The summed E-state index contributed by atoms with van der Waals surface area (Å²) in [6, 6.07) is 5.28. The molecular weight excluding hydrogens is 352 g/mol. The first-order chi connectivity index (χ1) is 12.5. The van der Waals surface area contributed by atoms with Gasteiger partial charge in [-0.15, -0.1) is 0 Å². The lowest BCUT2D eigenvalue weighted by Crippen LogP contribution is -2.44. The summed E-state index contributed by atoms with van der Waals surface area (Å²) in [5.74, 6) is 0.847. The third-order valence-corrected chi connectivity index (χ3v) is 5.06. The number of halogens is 1. The van der Waals surface area contributed by atoms with Crippen molar-refractivity contribution in [2.45, 2.75) is 26.7 Å². The summed E-state index contributed by atoms with van der Waals surface area (Å²) < 4.78 is 5.29. The molecular formula is C20H27ClN2O3. The van der Waals surface area contributed by atoms with E-state index in [0.717, 1.165) is 31.5 Å². The van der Waals surface area contributed by atoms with Crippen LogP contribution in [0.15, 0.2) is 24.3 Å². The van der Waals surface area contributed by atoms with Crippen molar-refractivity contribution < 1.29 is 14.3 Å². The molecule has 5 nitrogen and oxygen atoms in total. The molecule has 1 aromatic carbocycles. The molecule has 0 bridgehead atoms. The zero-order valence-corrected chi connectivity index (χ0v) is 16.5. The van der Waals surface area contributed by atoms with Crippen LogP contribution in [-0.2, 0) is 9.59 Å². The van der Waals surface area contributed by atoms with Crippen molar-refractivity contribution in [1.29, 1.82) is 0 Å². The van der Waals surface area contributed by atoms with Crippen LogP contribution in [0.25, 0.3) is 6.08 Å². The molecule has 1 saturated heterocycles. The van der Waals surface area contributed by atoms with Crippen molar-refractivity contribution in [3.63, 3.8) is 0 Å². The van der Waals surface area contributed by atoms with Gasteiger partial charge in [-0.1, -0.05) is 11.6 Å². The number of piperidine rings is 1. The summed E-state index contributed by atoms with van der Waals surface area (Å²) in [5, 5.41) is 0.591. The second-order valence-electron chi connectivity index (χ2n) is 6.33. The molecule has 6 heteroatoms. The molecule has 0 atom stereocenters. The highest BCUT2D eigenvalue weighted by molar-refractivity contribution is 6.30. The second-order valence-corrected chi connectivity index (χ2v) is 6.77. The van der Waals surface area contributed by atoms with E-state index in [1.807, 2.05) is 18.7 Å². The van der Waals surface area contributed by atoms with Crippen molar-refractivity contribution in [3.8, 4) is 5.75 Å². The highest BCUT2D eigenvalue weighted by atomic mass is 35.5. The van der Waals surface area contributed by atoms with E-state index in [-0.39, 0.29) is 17.7 Å². The van der Waals surface area contributed by atoms with Crippen LogP contribution < -0.4 is 4.74 Å². The number of rotatable bonds is 6. The minimum atomic E-state index is -0.0548. The molecule has 1 aliphatic heterocycles. The van der Waals surface area contributed by atoms with Crippen molar-refractivity contribution in [3.05, 3.63) is 34.9 Å². The number of carbonyl (C=O) groups excluding carboxylic acids is 2. The molecule has 0 aliphatic carbocycles. The Bertz CT molecular complexity index is 663. The van der Waals surface area contributed by atoms with Crippen molar-refractivity contribution in [1.82, 2.24) is 9.80 Å². The number of ether oxygens (including phenoxy) is 1. The fourth-order valence-corrected chi connectivity index (χ4v) is 3.42. The van der Waals surface area contributed by atoms with Gasteiger partial charge in [0.25, 0.3) is 0 Å². The fraction of sp³-hybridized carbons (Fsp3) is 0.500. The van der Waals surface area contributed by atoms with Gasteiger partial charge in [-0.2, -0.15) is 0 Å². The minimum Gasteiger partial charge on any atom is -0.496 e. The number of carbonyl (C=O) groups is 2. The van der Waals surface area contributed by atoms with Crippen LogP contribution >= 0.6 is 11.6 Å². The van der Waals surface area contributed by atoms with Crippen LogP contribution in [0.4, 0.5) is 0 Å². The van der Waals surface area contributed by atoms with Gasteiger partial charge in [-0.05, 0) is 51.0 Å². The molecule has 1 fully saturated rings. The molecule has 2 amide bonds. The Morgan fingerprint density at radius 2 is 1.92 bits per heavy atom. The standard InChI is InChI=1S/C20H27ClN2O3/c1-4-22(5-2)20(25)15-10-12-23(13-11-15)19(24)9-6-16-14-17(21)7-8-18(16)26-3/h6-9,14-15H,4-5,10-13H2,1-3H3/b9-6+. The highest BCUT2D eigenvalue weighted by Crippen LogP contribution is 2.24. The quantitative estimate of drug-likeness (QED) is 0.712. The van der Waals surface area contributed by atoms with E-state index in [9.17, 15) is 9.59 Å². The normalized spacial score (nSPS) is 15.3. The van der Waals surface area contributed by atoms with E-state index < -0.39 is 0 Å². The number of benzene rings is 1. The zero-order valence-electron chi connectivity index (χ0n) is 15.7. The average molecular weight is 379 g/mol. The van der Waals surface area contributed by atoms with Crippen LogP contribution in [0.1, 0.15) is 32.3 Å². The lowest BCUT2D eigenvalue weighted by molar-refractivity contribution is -0.139. The largest absolute Gasteiger partial charge is 0.496 e. The van der Waals surface area contributed by atoms with Crippen LogP contribution in [0.2, 0.25) is 5.02 Å². The highest BCUT2D eigenvalue weighted by Gasteiger charge is 2.28. The topological polar surface area (TPSA) is 49.9 Å². The summed E-state index contributed by atoms with van der Waals surface area (Å²) >= 11 is 6.01. The number of hydrogen-bond acceptors (Lipinski definition) is 3. The Morgan fingerprint density at radius 3 is 2.50 bits per heavy atom. The summed E-state index contributed by atoms with van der Waals surface area (Å²) in [7, 11) is 1.58. The van der Waals surface area contributed by atoms with Gasteiger partial charge < -0.3 is 14.5 Å². The fourth-order valence-electron chi connectivity index (χ4n) is 3.24. The SMILES string of the molecule is CCN(CC)C(=O)C1CCN(C(=O)/C=C/c2cc(Cl)ccc2OC)CC1. The minimum absolute atomic E-state index is 0.0240. The number of nitrogens with zero attached hydrogens (tertiary/aromatic N) is 2. The van der Waals surface area contributed by atoms with Gasteiger partial charge in [0.15, 0.2) is 0 Å². The molecule has 0 spiro atoms. The van der Waals surface area contributed by atoms with E-state index in [4.69, 9.17) is 16.3 Å². The van der Waals surface area contributed by atoms with Crippen molar-refractivity contribution in [2.75, 3.05) is 33.3 Å². The van der Waals surface area contributed by atoms with E-state index in [1.54, 1.807) is 42.4 Å². The average Bonchev–Trinajstić information content (AvgIpc) is 2.67. The van der Waals surface area contributed by atoms with E-state index in [0.29, 0.717) is 23.9 Å². The summed E-state index contributed by atoms with van der Waals surface area (Å²) in [6.07, 6.45) is 4.70. The smallest absolute Gasteiger partial charge is 0.246 e. The Hall–Kier alpha value is -2.01. The molecule has 2 rings (SSSR count). The lowest BCUT2D eigenvalue weighted by atomic mass is 9.95. The van der Waals surface area contributed by atoms with Gasteiger partial charge >= 0.3 is 0 Å². The van der Waals surface area contributed by atoms with E-state index in [2.05, 4.69) is 0 Å². The predicted molar refractivity (Wildman–Crippen MR) is 104 cm³/mol.